The van der Waals surface area contributed by atoms with Crippen molar-refractivity contribution in [2.24, 2.45) is 0 Å². The molecule has 1 aromatic heterocycles. The minimum absolute atomic E-state index is 0. The Morgan fingerprint density at radius 3 is 2.64 bits per heavy atom. The van der Waals surface area contributed by atoms with Crippen molar-refractivity contribution in [3.8, 4) is 5.88 Å². The van der Waals surface area contributed by atoms with E-state index in [0.717, 1.165) is 57.1 Å². The fourth-order valence-electron chi connectivity index (χ4n) is 4.19. The molecule has 0 atom stereocenters. The second kappa shape index (κ2) is 11.7. The molecule has 0 amide bonds. The lowest BCUT2D eigenvalue weighted by Gasteiger charge is -2.35. The van der Waals surface area contributed by atoms with E-state index in [4.69, 9.17) is 16.3 Å². The third-order valence-corrected chi connectivity index (χ3v) is 6.09. The van der Waals surface area contributed by atoms with Crippen LogP contribution < -0.4 is 15.0 Å². The molecule has 2 aliphatic rings. The van der Waals surface area contributed by atoms with E-state index in [1.165, 1.54) is 16.8 Å². The second-order valence-corrected chi connectivity index (χ2v) is 8.50. The van der Waals surface area contributed by atoms with Gasteiger partial charge in [-0.1, -0.05) is 35.9 Å². The smallest absolute Gasteiger partial charge is 0.234 e. The Kier molecular flexibility index (Phi) is 9.03. The summed E-state index contributed by atoms with van der Waals surface area (Å²) in [5, 5.41) is 4.13. The lowest BCUT2D eigenvalue weighted by Crippen LogP contribution is -2.46. The van der Waals surface area contributed by atoms with Crippen LogP contribution in [0.1, 0.15) is 16.7 Å². The zero-order chi connectivity index (χ0) is 21.0. The molecule has 3 aromatic rings. The van der Waals surface area contributed by atoms with Crippen LogP contribution in [0.5, 0.6) is 5.88 Å². The molecule has 1 saturated heterocycles. The number of hydrogen-bond donors (Lipinski definition) is 1. The fourth-order valence-corrected chi connectivity index (χ4v) is 4.41. The van der Waals surface area contributed by atoms with Crippen molar-refractivity contribution < 1.29 is 4.74 Å². The molecular formula is C24H28Cl3N5O. The number of nitrogens with one attached hydrogen (secondary N) is 1. The first-order chi connectivity index (χ1) is 15.2. The Labute approximate surface area is 212 Å². The normalized spacial score (nSPS) is 15.1. The maximum Gasteiger partial charge on any atom is 0.234 e. The van der Waals surface area contributed by atoms with Gasteiger partial charge in [-0.05, 0) is 41.3 Å². The monoisotopic (exact) mass is 507 g/mol. The van der Waals surface area contributed by atoms with Crippen LogP contribution >= 0.6 is 36.4 Å². The summed E-state index contributed by atoms with van der Waals surface area (Å²) >= 11 is 6.04. The number of hydrogen-bond acceptors (Lipinski definition) is 6. The number of piperazine rings is 1. The number of anilines is 2. The largest absolute Gasteiger partial charge is 0.472 e. The fraction of sp³-hybridized carbons (Fsp3) is 0.333. The number of nitrogens with zero attached hydrogens (tertiary/aromatic N) is 4. The highest BCUT2D eigenvalue weighted by Crippen LogP contribution is 2.24. The predicted molar refractivity (Wildman–Crippen MR) is 138 cm³/mol. The molecule has 0 unspecified atom stereocenters. The molecule has 1 N–H and O–H groups in total. The molecule has 176 valence electrons. The first kappa shape index (κ1) is 25.4. The van der Waals surface area contributed by atoms with Gasteiger partial charge in [0.25, 0.3) is 0 Å². The first-order valence-electron chi connectivity index (χ1n) is 10.8. The zero-order valence-electron chi connectivity index (χ0n) is 18.2. The highest BCUT2D eigenvalue weighted by Gasteiger charge is 2.19. The molecule has 0 saturated carbocycles. The summed E-state index contributed by atoms with van der Waals surface area (Å²) < 4.78 is 5.84. The van der Waals surface area contributed by atoms with Crippen LogP contribution in [0, 0.1) is 0 Å². The lowest BCUT2D eigenvalue weighted by molar-refractivity contribution is 0.248. The van der Waals surface area contributed by atoms with E-state index >= 15 is 0 Å². The Hall–Kier alpha value is -2.25. The van der Waals surface area contributed by atoms with Gasteiger partial charge in [-0.2, -0.15) is 4.98 Å². The highest BCUT2D eigenvalue weighted by atomic mass is 35.5. The van der Waals surface area contributed by atoms with E-state index in [1.54, 1.807) is 6.20 Å². The van der Waals surface area contributed by atoms with E-state index in [9.17, 15) is 0 Å². The highest BCUT2D eigenvalue weighted by molar-refractivity contribution is 6.30. The average Bonchev–Trinajstić information content (AvgIpc) is 3.26. The standard InChI is InChI=1S/C24H26ClN5O.2ClH/c25-21-3-1-2-19(13-21)17-31-24-15-26-14-23(28-24)30-10-8-29(9-11-30)16-18-4-5-22-20(12-18)6-7-27-22;;/h1-5,12-15,27H,6-11,16-17H2;2*1H. The van der Waals surface area contributed by atoms with Crippen LogP contribution in [-0.4, -0.2) is 47.6 Å². The van der Waals surface area contributed by atoms with Gasteiger partial charge in [0, 0.05) is 50.0 Å². The molecule has 0 aliphatic carbocycles. The number of aromatic nitrogens is 2. The van der Waals surface area contributed by atoms with E-state index in [0.29, 0.717) is 17.5 Å². The van der Waals surface area contributed by atoms with Gasteiger partial charge >= 0.3 is 0 Å². The SMILES string of the molecule is Cl.Cl.Clc1cccc(COc2cncc(N3CCN(Cc4ccc5c(c4)CCN5)CC3)n2)c1. The van der Waals surface area contributed by atoms with Crippen LogP contribution in [0.25, 0.3) is 0 Å². The van der Waals surface area contributed by atoms with E-state index in [-0.39, 0.29) is 24.8 Å². The number of halogens is 3. The molecule has 5 rings (SSSR count). The van der Waals surface area contributed by atoms with Gasteiger partial charge in [0.2, 0.25) is 5.88 Å². The molecule has 1 fully saturated rings. The Morgan fingerprint density at radius 2 is 1.82 bits per heavy atom. The molecular weight excluding hydrogens is 481 g/mol. The number of rotatable bonds is 6. The predicted octanol–water partition coefficient (Wildman–Crippen LogP) is 4.84. The Morgan fingerprint density at radius 1 is 0.970 bits per heavy atom. The summed E-state index contributed by atoms with van der Waals surface area (Å²) in [5.74, 6) is 1.40. The average molecular weight is 509 g/mol. The molecule has 2 aromatic carbocycles. The third-order valence-electron chi connectivity index (χ3n) is 5.86. The minimum atomic E-state index is 0. The zero-order valence-corrected chi connectivity index (χ0v) is 20.6. The van der Waals surface area contributed by atoms with Crippen molar-refractivity contribution >= 4 is 47.9 Å². The number of ether oxygens (including phenoxy) is 1. The van der Waals surface area contributed by atoms with Crippen LogP contribution in [0.4, 0.5) is 11.5 Å². The molecule has 0 spiro atoms. The first-order valence-corrected chi connectivity index (χ1v) is 11.1. The quantitative estimate of drug-likeness (QED) is 0.514. The number of benzene rings is 2. The summed E-state index contributed by atoms with van der Waals surface area (Å²) in [6, 6.07) is 14.5. The van der Waals surface area contributed by atoms with Gasteiger partial charge in [-0.25, -0.2) is 0 Å². The van der Waals surface area contributed by atoms with Crippen LogP contribution in [0.2, 0.25) is 5.02 Å². The van der Waals surface area contributed by atoms with Crippen LogP contribution in [0.15, 0.2) is 54.9 Å². The van der Waals surface area contributed by atoms with Crippen molar-refractivity contribution in [1.82, 2.24) is 14.9 Å². The lowest BCUT2D eigenvalue weighted by atomic mass is 10.1. The van der Waals surface area contributed by atoms with Gasteiger partial charge in [0.05, 0.1) is 12.4 Å². The molecule has 3 heterocycles. The third kappa shape index (κ3) is 6.42. The van der Waals surface area contributed by atoms with E-state index < -0.39 is 0 Å². The van der Waals surface area contributed by atoms with E-state index in [1.807, 2.05) is 30.5 Å². The summed E-state index contributed by atoms with van der Waals surface area (Å²) in [5.41, 5.74) is 5.15. The molecule has 2 aliphatic heterocycles. The maximum atomic E-state index is 6.04. The molecule has 6 nitrogen and oxygen atoms in total. The van der Waals surface area contributed by atoms with Gasteiger partial charge in [-0.3, -0.25) is 9.88 Å². The topological polar surface area (TPSA) is 53.5 Å². The molecule has 33 heavy (non-hydrogen) atoms. The maximum absolute atomic E-state index is 6.04. The van der Waals surface area contributed by atoms with Gasteiger partial charge in [0.15, 0.2) is 5.82 Å². The van der Waals surface area contributed by atoms with Crippen molar-refractivity contribution in [3.05, 3.63) is 76.6 Å². The summed E-state index contributed by atoms with van der Waals surface area (Å²) in [4.78, 5) is 13.8. The number of fused-ring (bicyclic) bond motifs is 1. The summed E-state index contributed by atoms with van der Waals surface area (Å²) in [6.45, 7) is 6.34. The molecule has 0 bridgehead atoms. The van der Waals surface area contributed by atoms with Gasteiger partial charge < -0.3 is 15.0 Å². The van der Waals surface area contributed by atoms with Crippen molar-refractivity contribution in [2.45, 2.75) is 19.6 Å². The second-order valence-electron chi connectivity index (χ2n) is 8.07. The van der Waals surface area contributed by atoms with Crippen LogP contribution in [0.3, 0.4) is 0 Å². The summed E-state index contributed by atoms with van der Waals surface area (Å²) in [7, 11) is 0. The van der Waals surface area contributed by atoms with Crippen molar-refractivity contribution in [2.75, 3.05) is 42.9 Å². The summed E-state index contributed by atoms with van der Waals surface area (Å²) in [6.07, 6.45) is 4.60. The molecule has 0 radical (unpaired) electrons. The van der Waals surface area contributed by atoms with E-state index in [2.05, 4.69) is 43.3 Å². The molecule has 9 heteroatoms. The van der Waals surface area contributed by atoms with Crippen LogP contribution in [-0.2, 0) is 19.6 Å². The Balaban J connectivity index is 0.00000153. The van der Waals surface area contributed by atoms with Crippen molar-refractivity contribution in [3.63, 3.8) is 0 Å². The minimum Gasteiger partial charge on any atom is -0.472 e. The van der Waals surface area contributed by atoms with Crippen molar-refractivity contribution in [1.29, 1.82) is 0 Å². The van der Waals surface area contributed by atoms with Gasteiger partial charge in [0.1, 0.15) is 6.61 Å². The van der Waals surface area contributed by atoms with Gasteiger partial charge in [-0.15, -0.1) is 24.8 Å². The Bertz CT molecular complexity index is 1060.